The topological polar surface area (TPSA) is 66.5 Å². The highest BCUT2D eigenvalue weighted by atomic mass is 32.2. The Morgan fingerprint density at radius 1 is 1.09 bits per heavy atom. The fraction of sp³-hybridized carbons (Fsp3) is 0.235. The Hall–Kier alpha value is -2.34. The molecule has 2 aromatic rings. The van der Waals surface area contributed by atoms with Gasteiger partial charge in [0.25, 0.3) is 5.91 Å². The Balaban J connectivity index is 2.03. The monoisotopic (exact) mass is 332 g/mol. The molecule has 0 aromatic heterocycles. The van der Waals surface area contributed by atoms with Gasteiger partial charge in [0.15, 0.2) is 9.84 Å². The summed E-state index contributed by atoms with van der Waals surface area (Å²) < 4.78 is 22.8. The van der Waals surface area contributed by atoms with Crippen molar-refractivity contribution in [1.82, 2.24) is 5.32 Å². The first-order chi connectivity index (χ1) is 10.8. The molecule has 0 aliphatic carbocycles. The zero-order valence-corrected chi connectivity index (χ0v) is 14.2. The van der Waals surface area contributed by atoms with Crippen LogP contribution in [0.25, 0.3) is 0 Å². The number of carbonyl (C=O) groups is 1. The zero-order chi connectivity index (χ0) is 17.0. The molecule has 0 saturated heterocycles. The molecule has 0 aliphatic rings. The Kier molecular flexibility index (Phi) is 5.05. The second kappa shape index (κ2) is 6.83. The summed E-state index contributed by atoms with van der Waals surface area (Å²) in [7, 11) is 0.635. The third-order valence-electron chi connectivity index (χ3n) is 3.43. The fourth-order valence-corrected chi connectivity index (χ4v) is 2.69. The summed E-state index contributed by atoms with van der Waals surface area (Å²) in [6.45, 7) is 0.342. The van der Waals surface area contributed by atoms with Gasteiger partial charge in [0.05, 0.1) is 4.90 Å². The molecule has 0 saturated carbocycles. The molecule has 0 unspecified atom stereocenters. The first-order valence-electron chi connectivity index (χ1n) is 7.12. The van der Waals surface area contributed by atoms with E-state index in [0.29, 0.717) is 12.1 Å². The Morgan fingerprint density at radius 2 is 1.74 bits per heavy atom. The van der Waals surface area contributed by atoms with Crippen molar-refractivity contribution >= 4 is 21.4 Å². The summed E-state index contributed by atoms with van der Waals surface area (Å²) in [5, 5.41) is 2.83. The number of carbonyl (C=O) groups excluding carboxylic acids is 1. The molecule has 0 atom stereocenters. The number of anilines is 1. The van der Waals surface area contributed by atoms with E-state index in [1.807, 2.05) is 37.2 Å². The number of hydrogen-bond donors (Lipinski definition) is 1. The van der Waals surface area contributed by atoms with E-state index >= 15 is 0 Å². The van der Waals surface area contributed by atoms with Gasteiger partial charge in [0, 0.05) is 38.1 Å². The second-order valence-corrected chi connectivity index (χ2v) is 7.56. The Labute approximate surface area is 136 Å². The van der Waals surface area contributed by atoms with Gasteiger partial charge < -0.3 is 10.2 Å². The summed E-state index contributed by atoms with van der Waals surface area (Å²) >= 11 is 0. The summed E-state index contributed by atoms with van der Waals surface area (Å²) in [5.74, 6) is -0.166. The fourth-order valence-electron chi connectivity index (χ4n) is 2.06. The molecular formula is C17H20N2O3S. The molecule has 2 rings (SSSR count). The number of sulfone groups is 1. The van der Waals surface area contributed by atoms with Crippen LogP contribution in [0.3, 0.4) is 0 Å². The quantitative estimate of drug-likeness (QED) is 0.910. The van der Waals surface area contributed by atoms with Crippen LogP contribution in [0, 0.1) is 0 Å². The third-order valence-corrected chi connectivity index (χ3v) is 4.56. The largest absolute Gasteiger partial charge is 0.378 e. The molecule has 0 bridgehead atoms. The third kappa shape index (κ3) is 4.56. The van der Waals surface area contributed by atoms with Crippen LogP contribution in [0.5, 0.6) is 0 Å². The van der Waals surface area contributed by atoms with E-state index in [0.717, 1.165) is 11.3 Å². The lowest BCUT2D eigenvalue weighted by atomic mass is 10.1. The van der Waals surface area contributed by atoms with Gasteiger partial charge >= 0.3 is 0 Å². The van der Waals surface area contributed by atoms with Crippen LogP contribution in [0.1, 0.15) is 15.9 Å². The highest BCUT2D eigenvalue weighted by Gasteiger charge is 2.08. The lowest BCUT2D eigenvalue weighted by Gasteiger charge is -2.13. The Bertz CT molecular complexity index is 797. The van der Waals surface area contributed by atoms with E-state index in [9.17, 15) is 13.2 Å². The first kappa shape index (κ1) is 17.0. The lowest BCUT2D eigenvalue weighted by Crippen LogP contribution is -2.23. The summed E-state index contributed by atoms with van der Waals surface area (Å²) in [6.07, 6.45) is 1.17. The molecule has 0 heterocycles. The van der Waals surface area contributed by atoms with Gasteiger partial charge in [-0.05, 0) is 35.9 Å². The van der Waals surface area contributed by atoms with Crippen LogP contribution in [0.4, 0.5) is 5.69 Å². The van der Waals surface area contributed by atoms with Gasteiger partial charge in [-0.15, -0.1) is 0 Å². The van der Waals surface area contributed by atoms with E-state index in [1.54, 1.807) is 30.3 Å². The molecular weight excluding hydrogens is 312 g/mol. The lowest BCUT2D eigenvalue weighted by molar-refractivity contribution is 0.0951. The number of nitrogens with zero attached hydrogens (tertiary/aromatic N) is 1. The maximum Gasteiger partial charge on any atom is 0.251 e. The molecule has 1 N–H and O–H groups in total. The van der Waals surface area contributed by atoms with Gasteiger partial charge in [-0.25, -0.2) is 8.42 Å². The predicted molar refractivity (Wildman–Crippen MR) is 91.5 cm³/mol. The number of amides is 1. The van der Waals surface area contributed by atoms with E-state index in [2.05, 4.69) is 5.32 Å². The van der Waals surface area contributed by atoms with Crippen molar-refractivity contribution in [2.24, 2.45) is 0 Å². The molecule has 122 valence electrons. The molecule has 0 radical (unpaired) electrons. The first-order valence-corrected chi connectivity index (χ1v) is 9.01. The van der Waals surface area contributed by atoms with E-state index < -0.39 is 9.84 Å². The Morgan fingerprint density at radius 3 is 2.30 bits per heavy atom. The second-order valence-electron chi connectivity index (χ2n) is 5.54. The van der Waals surface area contributed by atoms with Crippen LogP contribution in [-0.2, 0) is 16.4 Å². The van der Waals surface area contributed by atoms with E-state index in [1.165, 1.54) is 6.26 Å². The number of benzene rings is 2. The van der Waals surface area contributed by atoms with Crippen molar-refractivity contribution in [3.8, 4) is 0 Å². The summed E-state index contributed by atoms with van der Waals surface area (Å²) in [5.41, 5.74) is 2.38. The number of nitrogens with one attached hydrogen (secondary N) is 1. The minimum Gasteiger partial charge on any atom is -0.378 e. The predicted octanol–water partition coefficient (Wildman–Crippen LogP) is 2.09. The molecule has 2 aromatic carbocycles. The smallest absolute Gasteiger partial charge is 0.251 e. The van der Waals surface area contributed by atoms with Crippen molar-refractivity contribution in [1.29, 1.82) is 0 Å². The average Bonchev–Trinajstić information content (AvgIpc) is 2.52. The van der Waals surface area contributed by atoms with Crippen molar-refractivity contribution in [2.75, 3.05) is 25.3 Å². The molecule has 0 spiro atoms. The van der Waals surface area contributed by atoms with Crippen LogP contribution in [0.15, 0.2) is 53.4 Å². The van der Waals surface area contributed by atoms with Crippen LogP contribution in [0.2, 0.25) is 0 Å². The average molecular weight is 332 g/mol. The molecule has 5 nitrogen and oxygen atoms in total. The van der Waals surface area contributed by atoms with Crippen LogP contribution in [-0.4, -0.2) is 34.7 Å². The minimum absolute atomic E-state index is 0.166. The maximum absolute atomic E-state index is 12.2. The van der Waals surface area contributed by atoms with Gasteiger partial charge in [-0.3, -0.25) is 4.79 Å². The van der Waals surface area contributed by atoms with Gasteiger partial charge in [0.2, 0.25) is 0 Å². The normalized spacial score (nSPS) is 11.1. The van der Waals surface area contributed by atoms with E-state index in [-0.39, 0.29) is 10.8 Å². The molecule has 23 heavy (non-hydrogen) atoms. The van der Waals surface area contributed by atoms with Crippen molar-refractivity contribution in [3.63, 3.8) is 0 Å². The minimum atomic E-state index is -3.20. The van der Waals surface area contributed by atoms with E-state index in [4.69, 9.17) is 0 Å². The molecule has 0 fully saturated rings. The zero-order valence-electron chi connectivity index (χ0n) is 13.4. The summed E-state index contributed by atoms with van der Waals surface area (Å²) in [6, 6.07) is 13.8. The summed E-state index contributed by atoms with van der Waals surface area (Å²) in [4.78, 5) is 14.4. The van der Waals surface area contributed by atoms with Crippen LogP contribution >= 0.6 is 0 Å². The molecule has 1 amide bonds. The molecule has 0 aliphatic heterocycles. The standard InChI is InChI=1S/C17H20N2O3S/c1-19(2)15-6-4-5-14(11-15)17(20)18-12-13-7-9-16(10-8-13)23(3,21)22/h4-11H,12H2,1-3H3,(H,18,20). The van der Waals surface area contributed by atoms with Gasteiger partial charge in [0.1, 0.15) is 0 Å². The van der Waals surface area contributed by atoms with Crippen molar-refractivity contribution in [2.45, 2.75) is 11.4 Å². The number of rotatable bonds is 5. The molecule has 6 heteroatoms. The van der Waals surface area contributed by atoms with Crippen LogP contribution < -0.4 is 10.2 Å². The number of hydrogen-bond acceptors (Lipinski definition) is 4. The SMILES string of the molecule is CN(C)c1cccc(C(=O)NCc2ccc(S(C)(=O)=O)cc2)c1. The highest BCUT2D eigenvalue weighted by molar-refractivity contribution is 7.90. The maximum atomic E-state index is 12.2. The highest BCUT2D eigenvalue weighted by Crippen LogP contribution is 2.14. The van der Waals surface area contributed by atoms with Crippen molar-refractivity contribution in [3.05, 3.63) is 59.7 Å². The van der Waals surface area contributed by atoms with Gasteiger partial charge in [-0.1, -0.05) is 18.2 Å². The van der Waals surface area contributed by atoms with Gasteiger partial charge in [-0.2, -0.15) is 0 Å². The van der Waals surface area contributed by atoms with Crippen molar-refractivity contribution < 1.29 is 13.2 Å².